The first-order valence-corrected chi connectivity index (χ1v) is 9.43. The summed E-state index contributed by atoms with van der Waals surface area (Å²) in [6.07, 6.45) is 3.24. The zero-order valence-corrected chi connectivity index (χ0v) is 16.7. The molecule has 30 heavy (non-hydrogen) atoms. The van der Waals surface area contributed by atoms with Gasteiger partial charge in [-0.15, -0.1) is 0 Å². The second-order valence-corrected chi connectivity index (χ2v) is 7.04. The quantitative estimate of drug-likeness (QED) is 0.436. The highest BCUT2D eigenvalue weighted by Crippen LogP contribution is 2.25. The number of rotatable bonds is 6. The number of nitro groups is 1. The van der Waals surface area contributed by atoms with E-state index < -0.39 is 40.2 Å². The van der Waals surface area contributed by atoms with E-state index in [1.54, 1.807) is 6.07 Å². The molecule has 3 rings (SSSR count). The van der Waals surface area contributed by atoms with Gasteiger partial charge in [0.2, 0.25) is 5.91 Å². The van der Waals surface area contributed by atoms with Crippen LogP contribution in [0.5, 0.6) is 0 Å². The van der Waals surface area contributed by atoms with Gasteiger partial charge in [-0.05, 0) is 43.5 Å². The number of aromatic nitrogens is 1. The number of esters is 1. The average molecular weight is 414 g/mol. The summed E-state index contributed by atoms with van der Waals surface area (Å²) in [5.74, 6) is -1.56. The lowest BCUT2D eigenvalue weighted by Gasteiger charge is -2.19. The van der Waals surface area contributed by atoms with Crippen molar-refractivity contribution in [2.24, 2.45) is 0 Å². The second-order valence-electron chi connectivity index (χ2n) is 7.04. The van der Waals surface area contributed by atoms with E-state index in [0.29, 0.717) is 5.69 Å². The zero-order chi connectivity index (χ0) is 21.8. The fraction of sp³-hybridized carbons (Fsp3) is 0.350. The van der Waals surface area contributed by atoms with E-state index in [-0.39, 0.29) is 0 Å². The number of hydrogen-bond donors (Lipinski definition) is 1. The molecule has 0 unspecified atom stereocenters. The first-order valence-electron chi connectivity index (χ1n) is 9.43. The SMILES string of the molecule is COC(=O)c1cc([N+](=O)[O-])cn(CC(=O)Nc2ccc(N3CCCC3)cc2C)c1=O. The number of aryl methyl sites for hydroxylation is 1. The summed E-state index contributed by atoms with van der Waals surface area (Å²) in [5, 5.41) is 13.8. The molecule has 1 aliphatic rings. The molecule has 1 N–H and O–H groups in total. The van der Waals surface area contributed by atoms with Crippen LogP contribution in [0.4, 0.5) is 17.1 Å². The molecule has 158 valence electrons. The van der Waals surface area contributed by atoms with Gasteiger partial charge < -0.3 is 15.0 Å². The molecule has 1 fully saturated rings. The maximum Gasteiger partial charge on any atom is 0.343 e. The van der Waals surface area contributed by atoms with Gasteiger partial charge in [0.25, 0.3) is 11.2 Å². The molecular formula is C20H22N4O6. The van der Waals surface area contributed by atoms with Gasteiger partial charge in [0, 0.05) is 30.5 Å². The Morgan fingerprint density at radius 1 is 1.23 bits per heavy atom. The zero-order valence-electron chi connectivity index (χ0n) is 16.7. The lowest BCUT2D eigenvalue weighted by molar-refractivity contribution is -0.385. The first kappa shape index (κ1) is 21.0. The predicted octanol–water partition coefficient (Wildman–Crippen LogP) is 2.09. The molecule has 1 amide bonds. The van der Waals surface area contributed by atoms with Crippen LogP contribution in [0.3, 0.4) is 0 Å². The minimum Gasteiger partial charge on any atom is -0.465 e. The summed E-state index contributed by atoms with van der Waals surface area (Å²) in [6.45, 7) is 3.38. The summed E-state index contributed by atoms with van der Waals surface area (Å²) in [4.78, 5) is 49.3. The van der Waals surface area contributed by atoms with Crippen molar-refractivity contribution in [3.63, 3.8) is 0 Å². The van der Waals surface area contributed by atoms with E-state index in [1.165, 1.54) is 0 Å². The normalized spacial score (nSPS) is 13.2. The minimum atomic E-state index is -1.01. The van der Waals surface area contributed by atoms with Crippen molar-refractivity contribution in [3.05, 3.63) is 62.1 Å². The van der Waals surface area contributed by atoms with Gasteiger partial charge in [0.05, 0.1) is 18.2 Å². The van der Waals surface area contributed by atoms with Gasteiger partial charge in [-0.1, -0.05) is 0 Å². The average Bonchev–Trinajstić information content (AvgIpc) is 3.25. The van der Waals surface area contributed by atoms with Crippen LogP contribution in [0.1, 0.15) is 28.8 Å². The summed E-state index contributed by atoms with van der Waals surface area (Å²) < 4.78 is 5.32. The molecule has 2 heterocycles. The number of ether oxygens (including phenoxy) is 1. The van der Waals surface area contributed by atoms with Crippen LogP contribution in [0.15, 0.2) is 35.3 Å². The van der Waals surface area contributed by atoms with Crippen molar-refractivity contribution in [1.82, 2.24) is 4.57 Å². The standard InChI is InChI=1S/C20H22N4O6/c1-13-9-14(22-7-3-4-8-22)5-6-17(13)21-18(25)12-23-11-15(24(28)29)10-16(19(23)26)20(27)30-2/h5-6,9-11H,3-4,7-8,12H2,1-2H3,(H,21,25). The lowest BCUT2D eigenvalue weighted by atomic mass is 10.1. The number of anilines is 2. The molecule has 1 saturated heterocycles. The topological polar surface area (TPSA) is 124 Å². The predicted molar refractivity (Wildman–Crippen MR) is 110 cm³/mol. The van der Waals surface area contributed by atoms with Crippen molar-refractivity contribution < 1.29 is 19.2 Å². The van der Waals surface area contributed by atoms with E-state index in [0.717, 1.165) is 61.1 Å². The van der Waals surface area contributed by atoms with Crippen LogP contribution in [0.2, 0.25) is 0 Å². The number of carbonyl (C=O) groups is 2. The molecule has 0 aliphatic carbocycles. The summed E-state index contributed by atoms with van der Waals surface area (Å²) in [5.41, 5.74) is 0.674. The maximum atomic E-state index is 12.5. The number of nitrogens with zero attached hydrogens (tertiary/aromatic N) is 3. The molecule has 0 spiro atoms. The smallest absolute Gasteiger partial charge is 0.343 e. The number of methoxy groups -OCH3 is 1. The molecule has 10 nitrogen and oxygen atoms in total. The Hall–Kier alpha value is -3.69. The Morgan fingerprint density at radius 3 is 2.53 bits per heavy atom. The van der Waals surface area contributed by atoms with Crippen LogP contribution in [0.25, 0.3) is 0 Å². The monoisotopic (exact) mass is 414 g/mol. The molecule has 0 saturated carbocycles. The van der Waals surface area contributed by atoms with Crippen LogP contribution < -0.4 is 15.8 Å². The van der Waals surface area contributed by atoms with Crippen molar-refractivity contribution in [2.45, 2.75) is 26.3 Å². The van der Waals surface area contributed by atoms with Gasteiger partial charge >= 0.3 is 5.97 Å². The van der Waals surface area contributed by atoms with Crippen molar-refractivity contribution in [2.75, 3.05) is 30.4 Å². The van der Waals surface area contributed by atoms with Crippen LogP contribution >= 0.6 is 0 Å². The highest BCUT2D eigenvalue weighted by atomic mass is 16.6. The third-order valence-corrected chi connectivity index (χ3v) is 4.96. The molecule has 1 aliphatic heterocycles. The third kappa shape index (κ3) is 4.48. The van der Waals surface area contributed by atoms with E-state index >= 15 is 0 Å². The number of pyridine rings is 1. The Balaban J connectivity index is 1.80. The molecule has 2 aromatic rings. The van der Waals surface area contributed by atoms with Gasteiger partial charge in [0.1, 0.15) is 12.1 Å². The van der Waals surface area contributed by atoms with Gasteiger partial charge in [-0.25, -0.2) is 4.79 Å². The third-order valence-electron chi connectivity index (χ3n) is 4.96. The number of hydrogen-bond acceptors (Lipinski definition) is 7. The Bertz CT molecular complexity index is 1060. The van der Waals surface area contributed by atoms with E-state index in [2.05, 4.69) is 15.0 Å². The number of amides is 1. The van der Waals surface area contributed by atoms with Crippen LogP contribution in [-0.4, -0.2) is 41.6 Å². The lowest BCUT2D eigenvalue weighted by Crippen LogP contribution is -2.31. The largest absolute Gasteiger partial charge is 0.465 e. The van der Waals surface area contributed by atoms with Gasteiger partial charge in [-0.2, -0.15) is 0 Å². The van der Waals surface area contributed by atoms with E-state index in [1.807, 2.05) is 19.1 Å². The number of nitrogens with one attached hydrogen (secondary N) is 1. The maximum absolute atomic E-state index is 12.5. The number of benzene rings is 1. The Morgan fingerprint density at radius 2 is 1.93 bits per heavy atom. The van der Waals surface area contributed by atoms with Crippen LogP contribution in [-0.2, 0) is 16.1 Å². The van der Waals surface area contributed by atoms with Crippen molar-refractivity contribution in [3.8, 4) is 0 Å². The molecule has 0 radical (unpaired) electrons. The fourth-order valence-corrected chi connectivity index (χ4v) is 3.40. The van der Waals surface area contributed by atoms with Crippen LogP contribution in [0, 0.1) is 17.0 Å². The van der Waals surface area contributed by atoms with Crippen molar-refractivity contribution in [1.29, 1.82) is 0 Å². The molecule has 10 heteroatoms. The number of carbonyl (C=O) groups excluding carboxylic acids is 2. The molecule has 1 aromatic heterocycles. The van der Waals surface area contributed by atoms with Gasteiger partial charge in [0.15, 0.2) is 0 Å². The second kappa shape index (κ2) is 8.76. The van der Waals surface area contributed by atoms with Gasteiger partial charge in [-0.3, -0.25) is 24.3 Å². The highest BCUT2D eigenvalue weighted by Gasteiger charge is 2.21. The Labute approximate surface area is 172 Å². The van der Waals surface area contributed by atoms with E-state index in [9.17, 15) is 24.5 Å². The summed E-state index contributed by atoms with van der Waals surface area (Å²) >= 11 is 0. The summed E-state index contributed by atoms with van der Waals surface area (Å²) in [7, 11) is 1.06. The minimum absolute atomic E-state index is 0.488. The summed E-state index contributed by atoms with van der Waals surface area (Å²) in [6, 6.07) is 6.53. The highest BCUT2D eigenvalue weighted by molar-refractivity contribution is 5.92. The molecule has 0 atom stereocenters. The Kier molecular flexibility index (Phi) is 6.14. The van der Waals surface area contributed by atoms with Crippen molar-refractivity contribution >= 4 is 28.9 Å². The van der Waals surface area contributed by atoms with E-state index in [4.69, 9.17) is 0 Å². The molecular weight excluding hydrogens is 392 g/mol. The first-order chi connectivity index (χ1) is 14.3. The molecule has 0 bridgehead atoms. The molecule has 1 aromatic carbocycles. The fourth-order valence-electron chi connectivity index (χ4n) is 3.40.